The van der Waals surface area contributed by atoms with Crippen molar-refractivity contribution in [3.63, 3.8) is 0 Å². The molecule has 0 atom stereocenters. The van der Waals surface area contributed by atoms with Gasteiger partial charge < -0.3 is 5.32 Å². The van der Waals surface area contributed by atoms with Crippen LogP contribution in [0.4, 0.5) is 8.78 Å². The summed E-state index contributed by atoms with van der Waals surface area (Å²) in [5.74, 6) is -1.09. The van der Waals surface area contributed by atoms with Gasteiger partial charge in [-0.25, -0.2) is 8.78 Å². The summed E-state index contributed by atoms with van der Waals surface area (Å²) in [7, 11) is 0. The van der Waals surface area contributed by atoms with Crippen LogP contribution in [0.25, 0.3) is 0 Å². The van der Waals surface area contributed by atoms with Crippen LogP contribution in [-0.4, -0.2) is 21.5 Å². The summed E-state index contributed by atoms with van der Waals surface area (Å²) in [6.45, 7) is 1.52. The summed E-state index contributed by atoms with van der Waals surface area (Å²) < 4.78 is 29.1. The van der Waals surface area contributed by atoms with Crippen LogP contribution in [0, 0.1) is 11.6 Å². The van der Waals surface area contributed by atoms with E-state index in [2.05, 4.69) is 31.6 Å². The summed E-state index contributed by atoms with van der Waals surface area (Å²) in [6, 6.07) is 2.61. The van der Waals surface area contributed by atoms with E-state index >= 15 is 0 Å². The van der Waals surface area contributed by atoms with Crippen molar-refractivity contribution in [2.75, 3.05) is 6.54 Å². The lowest BCUT2D eigenvalue weighted by Gasteiger charge is -2.08. The van der Waals surface area contributed by atoms with Gasteiger partial charge in [-0.3, -0.25) is 4.68 Å². The summed E-state index contributed by atoms with van der Waals surface area (Å²) in [5, 5.41) is 10.5. The molecule has 7 heteroatoms. The van der Waals surface area contributed by atoms with Gasteiger partial charge in [0, 0.05) is 24.8 Å². The Morgan fingerprint density at radius 2 is 2.16 bits per heavy atom. The predicted molar refractivity (Wildman–Crippen MR) is 70.4 cm³/mol. The Balaban J connectivity index is 1.78. The minimum Gasteiger partial charge on any atom is -0.312 e. The molecule has 0 amide bonds. The fourth-order valence-corrected chi connectivity index (χ4v) is 2.03. The average molecular weight is 331 g/mol. The molecule has 0 saturated heterocycles. The zero-order valence-electron chi connectivity index (χ0n) is 10.1. The Labute approximate surface area is 117 Å². The van der Waals surface area contributed by atoms with Crippen LogP contribution in [0.3, 0.4) is 0 Å². The first kappa shape index (κ1) is 14.1. The molecule has 0 fully saturated rings. The van der Waals surface area contributed by atoms with Crippen molar-refractivity contribution in [2.45, 2.75) is 19.5 Å². The Hall–Kier alpha value is -1.34. The van der Waals surface area contributed by atoms with Crippen LogP contribution in [0.15, 0.2) is 29.0 Å². The molecular formula is C12H13BrF2N4. The van der Waals surface area contributed by atoms with E-state index in [-0.39, 0.29) is 16.6 Å². The summed E-state index contributed by atoms with van der Waals surface area (Å²) >= 11 is 3.04. The molecule has 2 rings (SSSR count). The molecule has 102 valence electrons. The summed E-state index contributed by atoms with van der Waals surface area (Å²) in [4.78, 5) is 0. The summed E-state index contributed by atoms with van der Waals surface area (Å²) in [6.07, 6.45) is 4.19. The van der Waals surface area contributed by atoms with Gasteiger partial charge in [0.05, 0.1) is 10.7 Å². The smallest absolute Gasteiger partial charge is 0.144 e. The zero-order chi connectivity index (χ0) is 13.7. The first-order chi connectivity index (χ1) is 9.18. The van der Waals surface area contributed by atoms with Gasteiger partial charge in [-0.1, -0.05) is 5.21 Å². The van der Waals surface area contributed by atoms with E-state index in [4.69, 9.17) is 0 Å². The molecule has 0 unspecified atom stereocenters. The maximum atomic E-state index is 13.6. The Morgan fingerprint density at radius 3 is 2.89 bits per heavy atom. The average Bonchev–Trinajstić information content (AvgIpc) is 2.90. The SMILES string of the molecule is Fc1ccc(Br)c(F)c1CNCCCn1ccnn1. The minimum atomic E-state index is -0.552. The van der Waals surface area contributed by atoms with E-state index in [1.165, 1.54) is 12.1 Å². The van der Waals surface area contributed by atoms with Gasteiger partial charge in [-0.15, -0.1) is 5.10 Å². The molecule has 0 aliphatic rings. The normalized spacial score (nSPS) is 10.9. The lowest BCUT2D eigenvalue weighted by molar-refractivity contribution is 0.506. The van der Waals surface area contributed by atoms with Crippen molar-refractivity contribution in [1.29, 1.82) is 0 Å². The van der Waals surface area contributed by atoms with Gasteiger partial charge in [0.15, 0.2) is 0 Å². The van der Waals surface area contributed by atoms with E-state index in [9.17, 15) is 8.78 Å². The topological polar surface area (TPSA) is 42.7 Å². The molecule has 0 aliphatic carbocycles. The van der Waals surface area contributed by atoms with Gasteiger partial charge in [0.25, 0.3) is 0 Å². The highest BCUT2D eigenvalue weighted by molar-refractivity contribution is 9.10. The monoisotopic (exact) mass is 330 g/mol. The van der Waals surface area contributed by atoms with Crippen LogP contribution < -0.4 is 5.32 Å². The van der Waals surface area contributed by atoms with Crippen LogP contribution in [0.5, 0.6) is 0 Å². The van der Waals surface area contributed by atoms with Crippen molar-refractivity contribution in [3.8, 4) is 0 Å². The highest BCUT2D eigenvalue weighted by Crippen LogP contribution is 2.21. The van der Waals surface area contributed by atoms with Crippen molar-refractivity contribution in [1.82, 2.24) is 20.3 Å². The third-order valence-corrected chi connectivity index (χ3v) is 3.27. The standard InChI is InChI=1S/C12H13BrF2N4/c13-10-2-3-11(14)9(12(10)15)8-16-4-1-6-19-7-5-17-18-19/h2-3,5,7,16H,1,4,6,8H2. The van der Waals surface area contributed by atoms with Gasteiger partial charge in [-0.05, 0) is 41.0 Å². The third kappa shape index (κ3) is 3.81. The molecule has 1 aromatic heterocycles. The number of aryl methyl sites for hydroxylation is 1. The Kier molecular flexibility index (Phi) is 4.98. The van der Waals surface area contributed by atoms with Crippen molar-refractivity contribution in [2.24, 2.45) is 0 Å². The van der Waals surface area contributed by atoms with Gasteiger partial charge in [0.2, 0.25) is 0 Å². The molecule has 0 aliphatic heterocycles. The molecule has 1 N–H and O–H groups in total. The molecule has 19 heavy (non-hydrogen) atoms. The number of benzene rings is 1. The van der Waals surface area contributed by atoms with E-state index in [1.54, 1.807) is 17.1 Å². The highest BCUT2D eigenvalue weighted by atomic mass is 79.9. The number of halogens is 3. The largest absolute Gasteiger partial charge is 0.312 e. The van der Waals surface area contributed by atoms with E-state index in [1.807, 2.05) is 0 Å². The minimum absolute atomic E-state index is 0.0510. The lowest BCUT2D eigenvalue weighted by atomic mass is 10.2. The molecule has 0 radical (unpaired) electrons. The number of hydrogen-bond donors (Lipinski definition) is 1. The quantitative estimate of drug-likeness (QED) is 0.653. The number of rotatable bonds is 6. The first-order valence-corrected chi connectivity index (χ1v) is 6.65. The van der Waals surface area contributed by atoms with Crippen molar-refractivity contribution >= 4 is 15.9 Å². The Bertz CT molecular complexity index is 531. The zero-order valence-corrected chi connectivity index (χ0v) is 11.7. The highest BCUT2D eigenvalue weighted by Gasteiger charge is 2.11. The van der Waals surface area contributed by atoms with Crippen LogP contribution in [-0.2, 0) is 13.1 Å². The van der Waals surface area contributed by atoms with Gasteiger partial charge >= 0.3 is 0 Å². The van der Waals surface area contributed by atoms with Crippen molar-refractivity contribution in [3.05, 3.63) is 46.2 Å². The molecule has 4 nitrogen and oxygen atoms in total. The van der Waals surface area contributed by atoms with Gasteiger partial charge in [-0.2, -0.15) is 0 Å². The van der Waals surface area contributed by atoms with E-state index in [0.717, 1.165) is 13.0 Å². The second-order valence-corrected chi connectivity index (χ2v) is 4.87. The molecule has 1 aromatic carbocycles. The van der Waals surface area contributed by atoms with E-state index < -0.39 is 11.6 Å². The molecule has 0 saturated carbocycles. The predicted octanol–water partition coefficient (Wildman–Crippen LogP) is 2.50. The molecule has 1 heterocycles. The van der Waals surface area contributed by atoms with Crippen LogP contribution in [0.2, 0.25) is 0 Å². The van der Waals surface area contributed by atoms with Crippen LogP contribution >= 0.6 is 15.9 Å². The number of aromatic nitrogens is 3. The molecular weight excluding hydrogens is 318 g/mol. The first-order valence-electron chi connectivity index (χ1n) is 5.85. The number of nitrogens with zero attached hydrogens (tertiary/aromatic N) is 3. The number of nitrogens with one attached hydrogen (secondary N) is 1. The molecule has 0 bridgehead atoms. The van der Waals surface area contributed by atoms with Crippen LogP contribution in [0.1, 0.15) is 12.0 Å². The summed E-state index contributed by atoms with van der Waals surface area (Å²) in [5.41, 5.74) is 0.0510. The maximum Gasteiger partial charge on any atom is 0.144 e. The number of hydrogen-bond acceptors (Lipinski definition) is 3. The van der Waals surface area contributed by atoms with Gasteiger partial charge in [0.1, 0.15) is 11.6 Å². The van der Waals surface area contributed by atoms with E-state index in [0.29, 0.717) is 6.54 Å². The molecule has 0 spiro atoms. The fourth-order valence-electron chi connectivity index (χ4n) is 1.66. The molecule has 2 aromatic rings. The second kappa shape index (κ2) is 6.72. The lowest BCUT2D eigenvalue weighted by Crippen LogP contribution is -2.18. The van der Waals surface area contributed by atoms with Crippen molar-refractivity contribution < 1.29 is 8.78 Å². The second-order valence-electron chi connectivity index (χ2n) is 4.02. The fraction of sp³-hybridized carbons (Fsp3) is 0.333. The maximum absolute atomic E-state index is 13.6. The third-order valence-electron chi connectivity index (χ3n) is 2.65. The Morgan fingerprint density at radius 1 is 1.32 bits per heavy atom.